The predicted octanol–water partition coefficient (Wildman–Crippen LogP) is 1.96. The Hall–Kier alpha value is -0.710. The average molecular weight is 266 g/mol. The molecule has 0 saturated heterocycles. The van der Waals surface area contributed by atoms with Crippen LogP contribution in [0.15, 0.2) is 18.2 Å². The number of hydrogen-bond acceptors (Lipinski definition) is 4. The van der Waals surface area contributed by atoms with Crippen LogP contribution in [0.2, 0.25) is 0 Å². The summed E-state index contributed by atoms with van der Waals surface area (Å²) in [5, 5.41) is 12.3. The van der Waals surface area contributed by atoms with Gasteiger partial charge in [-0.05, 0) is 48.3 Å². The van der Waals surface area contributed by atoms with Crippen molar-refractivity contribution >= 4 is 17.4 Å². The standard InChI is InChI=1S/C14H22N2OS/c15-12-3-4-13-11(10-12)2-5-14(13)16-6-9-18-8-1-7-17/h3-4,10,14,16-17H,1-2,5-9,15H2. The molecule has 0 amide bonds. The molecule has 1 aliphatic rings. The molecule has 1 aliphatic carbocycles. The summed E-state index contributed by atoms with van der Waals surface area (Å²) in [6.07, 6.45) is 3.21. The Morgan fingerprint density at radius 1 is 1.39 bits per heavy atom. The third-order valence-electron chi connectivity index (χ3n) is 3.33. The molecule has 0 aromatic heterocycles. The van der Waals surface area contributed by atoms with Gasteiger partial charge in [0, 0.05) is 30.6 Å². The normalized spacial score (nSPS) is 17.9. The van der Waals surface area contributed by atoms with Crippen LogP contribution in [-0.4, -0.2) is 29.8 Å². The van der Waals surface area contributed by atoms with Gasteiger partial charge >= 0.3 is 0 Å². The highest BCUT2D eigenvalue weighted by atomic mass is 32.2. The molecule has 1 atom stereocenters. The molecule has 2 rings (SSSR count). The summed E-state index contributed by atoms with van der Waals surface area (Å²) in [4.78, 5) is 0. The van der Waals surface area contributed by atoms with Gasteiger partial charge in [-0.1, -0.05) is 6.07 Å². The number of nitrogens with one attached hydrogen (secondary N) is 1. The molecule has 0 saturated carbocycles. The molecule has 18 heavy (non-hydrogen) atoms. The second-order valence-corrected chi connectivity index (χ2v) is 5.92. The topological polar surface area (TPSA) is 58.3 Å². The number of aliphatic hydroxyl groups excluding tert-OH is 1. The zero-order valence-corrected chi connectivity index (χ0v) is 11.5. The molecular formula is C14H22N2OS. The minimum absolute atomic E-state index is 0.303. The summed E-state index contributed by atoms with van der Waals surface area (Å²) in [6.45, 7) is 1.34. The lowest BCUT2D eigenvalue weighted by Crippen LogP contribution is -2.22. The van der Waals surface area contributed by atoms with Crippen molar-refractivity contribution in [3.63, 3.8) is 0 Å². The minimum Gasteiger partial charge on any atom is -0.399 e. The Balaban J connectivity index is 1.73. The van der Waals surface area contributed by atoms with Crippen LogP contribution in [0.4, 0.5) is 5.69 Å². The highest BCUT2D eigenvalue weighted by molar-refractivity contribution is 7.99. The second kappa shape index (κ2) is 7.02. The fraction of sp³-hybridized carbons (Fsp3) is 0.571. The molecule has 0 heterocycles. The maximum Gasteiger partial charge on any atom is 0.0438 e. The predicted molar refractivity (Wildman–Crippen MR) is 78.9 cm³/mol. The van der Waals surface area contributed by atoms with Crippen molar-refractivity contribution in [1.29, 1.82) is 0 Å². The number of benzene rings is 1. The van der Waals surface area contributed by atoms with E-state index in [1.807, 2.05) is 17.8 Å². The minimum atomic E-state index is 0.303. The van der Waals surface area contributed by atoms with Gasteiger partial charge in [-0.2, -0.15) is 11.8 Å². The van der Waals surface area contributed by atoms with E-state index in [4.69, 9.17) is 10.8 Å². The molecule has 4 N–H and O–H groups in total. The smallest absolute Gasteiger partial charge is 0.0438 e. The number of thioether (sulfide) groups is 1. The lowest BCUT2D eigenvalue weighted by atomic mass is 10.1. The summed E-state index contributed by atoms with van der Waals surface area (Å²) >= 11 is 1.90. The third-order valence-corrected chi connectivity index (χ3v) is 4.40. The number of rotatable bonds is 7. The van der Waals surface area contributed by atoms with E-state index in [-0.39, 0.29) is 0 Å². The lowest BCUT2D eigenvalue weighted by molar-refractivity contribution is 0.296. The van der Waals surface area contributed by atoms with E-state index >= 15 is 0 Å². The highest BCUT2D eigenvalue weighted by Gasteiger charge is 2.21. The molecule has 4 heteroatoms. The van der Waals surface area contributed by atoms with E-state index in [0.717, 1.165) is 36.6 Å². The van der Waals surface area contributed by atoms with Crippen LogP contribution in [-0.2, 0) is 6.42 Å². The molecule has 1 aromatic rings. The van der Waals surface area contributed by atoms with Crippen LogP contribution in [0.5, 0.6) is 0 Å². The van der Waals surface area contributed by atoms with E-state index in [2.05, 4.69) is 17.4 Å². The Morgan fingerprint density at radius 2 is 2.28 bits per heavy atom. The van der Waals surface area contributed by atoms with E-state index in [1.54, 1.807) is 0 Å². The summed E-state index contributed by atoms with van der Waals surface area (Å²) in [6, 6.07) is 6.76. The van der Waals surface area contributed by atoms with Gasteiger partial charge in [0.1, 0.15) is 0 Å². The van der Waals surface area contributed by atoms with Crippen molar-refractivity contribution in [1.82, 2.24) is 5.32 Å². The van der Waals surface area contributed by atoms with Gasteiger partial charge in [0.25, 0.3) is 0 Å². The first-order valence-electron chi connectivity index (χ1n) is 6.61. The Bertz CT molecular complexity index is 384. The van der Waals surface area contributed by atoms with Gasteiger partial charge in [-0.25, -0.2) is 0 Å². The van der Waals surface area contributed by atoms with Crippen LogP contribution in [0.25, 0.3) is 0 Å². The second-order valence-electron chi connectivity index (χ2n) is 4.69. The Kier molecular flexibility index (Phi) is 5.35. The van der Waals surface area contributed by atoms with Crippen LogP contribution in [0, 0.1) is 0 Å². The summed E-state index contributed by atoms with van der Waals surface area (Å²) in [7, 11) is 0. The molecule has 1 unspecified atom stereocenters. The van der Waals surface area contributed by atoms with Crippen LogP contribution < -0.4 is 11.1 Å². The Labute approximate surface area is 113 Å². The summed E-state index contributed by atoms with van der Waals surface area (Å²) < 4.78 is 0. The molecular weight excluding hydrogens is 244 g/mol. The van der Waals surface area contributed by atoms with E-state index in [1.165, 1.54) is 17.5 Å². The van der Waals surface area contributed by atoms with Gasteiger partial charge in [0.15, 0.2) is 0 Å². The van der Waals surface area contributed by atoms with Gasteiger partial charge in [0.2, 0.25) is 0 Å². The van der Waals surface area contributed by atoms with E-state index < -0.39 is 0 Å². The fourth-order valence-electron chi connectivity index (χ4n) is 2.42. The molecule has 0 spiro atoms. The van der Waals surface area contributed by atoms with Crippen molar-refractivity contribution < 1.29 is 5.11 Å². The fourth-order valence-corrected chi connectivity index (χ4v) is 3.22. The lowest BCUT2D eigenvalue weighted by Gasteiger charge is -2.14. The van der Waals surface area contributed by atoms with Crippen molar-refractivity contribution in [2.24, 2.45) is 0 Å². The zero-order valence-electron chi connectivity index (χ0n) is 10.7. The van der Waals surface area contributed by atoms with Gasteiger partial charge in [-0.15, -0.1) is 0 Å². The number of anilines is 1. The monoisotopic (exact) mass is 266 g/mol. The van der Waals surface area contributed by atoms with Crippen molar-refractivity contribution in [3.8, 4) is 0 Å². The van der Waals surface area contributed by atoms with Gasteiger partial charge in [-0.3, -0.25) is 0 Å². The van der Waals surface area contributed by atoms with Crippen molar-refractivity contribution in [2.75, 3.05) is 30.4 Å². The first kappa shape index (κ1) is 13.7. The number of fused-ring (bicyclic) bond motifs is 1. The van der Waals surface area contributed by atoms with E-state index in [0.29, 0.717) is 12.6 Å². The molecule has 0 radical (unpaired) electrons. The highest BCUT2D eigenvalue weighted by Crippen LogP contribution is 2.32. The SMILES string of the molecule is Nc1ccc2c(c1)CCC2NCCSCCCO. The first-order chi connectivity index (χ1) is 8.81. The number of nitrogen functional groups attached to an aromatic ring is 1. The molecule has 0 aliphatic heterocycles. The number of nitrogens with two attached hydrogens (primary N) is 1. The maximum atomic E-state index is 8.69. The molecule has 1 aromatic carbocycles. The molecule has 0 bridgehead atoms. The number of hydrogen-bond donors (Lipinski definition) is 3. The number of aliphatic hydroxyl groups is 1. The average Bonchev–Trinajstić information content (AvgIpc) is 2.76. The number of aryl methyl sites for hydroxylation is 1. The molecule has 100 valence electrons. The van der Waals surface area contributed by atoms with Gasteiger partial charge in [0.05, 0.1) is 0 Å². The van der Waals surface area contributed by atoms with E-state index in [9.17, 15) is 0 Å². The third kappa shape index (κ3) is 3.64. The largest absolute Gasteiger partial charge is 0.399 e. The molecule has 3 nitrogen and oxygen atoms in total. The quantitative estimate of drug-likeness (QED) is 0.521. The van der Waals surface area contributed by atoms with Crippen LogP contribution >= 0.6 is 11.8 Å². The Morgan fingerprint density at radius 3 is 3.11 bits per heavy atom. The van der Waals surface area contributed by atoms with Gasteiger partial charge < -0.3 is 16.2 Å². The zero-order chi connectivity index (χ0) is 12.8. The summed E-state index contributed by atoms with van der Waals surface area (Å²) in [5.74, 6) is 2.16. The van der Waals surface area contributed by atoms with Crippen LogP contribution in [0.3, 0.4) is 0 Å². The van der Waals surface area contributed by atoms with Crippen molar-refractivity contribution in [2.45, 2.75) is 25.3 Å². The summed E-state index contributed by atoms with van der Waals surface area (Å²) in [5.41, 5.74) is 9.49. The first-order valence-corrected chi connectivity index (χ1v) is 7.77. The molecule has 0 fully saturated rings. The van der Waals surface area contributed by atoms with Crippen LogP contribution in [0.1, 0.15) is 30.0 Å². The maximum absolute atomic E-state index is 8.69. The van der Waals surface area contributed by atoms with Crippen molar-refractivity contribution in [3.05, 3.63) is 29.3 Å².